The van der Waals surface area contributed by atoms with Crippen molar-refractivity contribution in [2.45, 2.75) is 13.8 Å². The van der Waals surface area contributed by atoms with Crippen molar-refractivity contribution in [3.05, 3.63) is 53.1 Å². The minimum absolute atomic E-state index is 0.105. The molecule has 1 heterocycles. The summed E-state index contributed by atoms with van der Waals surface area (Å²) in [5.74, 6) is 0.856. The molecule has 0 aliphatic carbocycles. The van der Waals surface area contributed by atoms with Crippen LogP contribution in [-0.4, -0.2) is 67.6 Å². The number of hydrogen-bond donors (Lipinski definition) is 1. The van der Waals surface area contributed by atoms with E-state index in [9.17, 15) is 4.79 Å². The van der Waals surface area contributed by atoms with Crippen molar-refractivity contribution >= 4 is 28.8 Å². The smallest absolute Gasteiger partial charge is 0.262 e. The van der Waals surface area contributed by atoms with E-state index in [-0.39, 0.29) is 12.5 Å². The third kappa shape index (κ3) is 5.29. The summed E-state index contributed by atoms with van der Waals surface area (Å²) in [5.41, 5.74) is 3.77. The fraction of sp³-hybridized carbons (Fsp3) is 0.391. The Morgan fingerprint density at radius 1 is 1.07 bits per heavy atom. The van der Waals surface area contributed by atoms with Gasteiger partial charge >= 0.3 is 0 Å². The number of benzene rings is 2. The molecule has 1 N–H and O–H groups in total. The Hall–Kier alpha value is -2.64. The van der Waals surface area contributed by atoms with E-state index in [1.807, 2.05) is 50.2 Å². The van der Waals surface area contributed by atoms with E-state index < -0.39 is 0 Å². The predicted octanol–water partition coefficient (Wildman–Crippen LogP) is 3.25. The monoisotopic (exact) mass is 427 g/mol. The zero-order chi connectivity index (χ0) is 21.7. The largest absolute Gasteiger partial charge is 0.493 e. The number of amides is 1. The van der Waals surface area contributed by atoms with Gasteiger partial charge in [0, 0.05) is 37.4 Å². The molecule has 1 amide bonds. The molecule has 0 atom stereocenters. The van der Waals surface area contributed by atoms with Gasteiger partial charge in [0.05, 0.1) is 7.11 Å². The summed E-state index contributed by atoms with van der Waals surface area (Å²) in [5, 5.41) is 2.93. The molecular weight excluding hydrogens is 398 g/mol. The molecule has 7 heteroatoms. The standard InChI is InChI=1S/C23H29N3O3S/c1-16-6-5-7-17(2)22(16)24-21(27)15-29-19-9-8-18(14-20(19)28-4)23(30)26-12-10-25(3)11-13-26/h5-9,14H,10-13,15H2,1-4H3,(H,24,27). The lowest BCUT2D eigenvalue weighted by Crippen LogP contribution is -2.46. The Labute approximate surface area is 183 Å². The maximum absolute atomic E-state index is 12.4. The number of carbonyl (C=O) groups is 1. The van der Waals surface area contributed by atoms with Crippen molar-refractivity contribution in [2.24, 2.45) is 0 Å². The number of thiocarbonyl (C=S) groups is 1. The molecule has 2 aromatic rings. The van der Waals surface area contributed by atoms with Crippen molar-refractivity contribution < 1.29 is 14.3 Å². The third-order valence-electron chi connectivity index (χ3n) is 5.31. The van der Waals surface area contributed by atoms with E-state index in [1.165, 1.54) is 0 Å². The average Bonchev–Trinajstić information content (AvgIpc) is 2.75. The number of methoxy groups -OCH3 is 1. The summed E-state index contributed by atoms with van der Waals surface area (Å²) in [6.45, 7) is 7.64. The highest BCUT2D eigenvalue weighted by molar-refractivity contribution is 7.80. The Morgan fingerprint density at radius 2 is 1.73 bits per heavy atom. The highest BCUT2D eigenvalue weighted by Crippen LogP contribution is 2.29. The molecule has 30 heavy (non-hydrogen) atoms. The van der Waals surface area contributed by atoms with Gasteiger partial charge in [-0.15, -0.1) is 0 Å². The van der Waals surface area contributed by atoms with Crippen LogP contribution in [-0.2, 0) is 4.79 Å². The van der Waals surface area contributed by atoms with Crippen LogP contribution < -0.4 is 14.8 Å². The minimum Gasteiger partial charge on any atom is -0.493 e. The molecule has 1 aliphatic heterocycles. The molecule has 0 unspecified atom stereocenters. The minimum atomic E-state index is -0.216. The first-order valence-electron chi connectivity index (χ1n) is 10.0. The molecule has 1 fully saturated rings. The first-order chi connectivity index (χ1) is 14.4. The average molecular weight is 428 g/mol. The lowest BCUT2D eigenvalue weighted by Gasteiger charge is -2.34. The predicted molar refractivity (Wildman–Crippen MR) is 124 cm³/mol. The number of para-hydroxylation sites is 1. The van der Waals surface area contributed by atoms with Gasteiger partial charge in [-0.3, -0.25) is 4.79 Å². The van der Waals surface area contributed by atoms with Crippen LogP contribution >= 0.6 is 12.2 Å². The lowest BCUT2D eigenvalue weighted by atomic mass is 10.1. The highest BCUT2D eigenvalue weighted by Gasteiger charge is 2.19. The maximum Gasteiger partial charge on any atom is 0.262 e. The van der Waals surface area contributed by atoms with Gasteiger partial charge in [-0.2, -0.15) is 0 Å². The summed E-state index contributed by atoms with van der Waals surface area (Å²) in [4.78, 5) is 17.7. The second-order valence-electron chi connectivity index (χ2n) is 7.56. The van der Waals surface area contributed by atoms with Crippen LogP contribution in [0.1, 0.15) is 16.7 Å². The summed E-state index contributed by atoms with van der Waals surface area (Å²) in [6.07, 6.45) is 0. The van der Waals surface area contributed by atoms with E-state index in [4.69, 9.17) is 21.7 Å². The molecular formula is C23H29N3O3S. The molecule has 1 aliphatic rings. The van der Waals surface area contributed by atoms with Crippen LogP contribution in [0.2, 0.25) is 0 Å². The topological polar surface area (TPSA) is 54.0 Å². The van der Waals surface area contributed by atoms with E-state index in [1.54, 1.807) is 7.11 Å². The van der Waals surface area contributed by atoms with E-state index in [2.05, 4.69) is 22.2 Å². The normalized spacial score (nSPS) is 14.3. The number of hydrogen-bond acceptors (Lipinski definition) is 5. The zero-order valence-corrected chi connectivity index (χ0v) is 18.8. The van der Waals surface area contributed by atoms with Gasteiger partial charge in [-0.25, -0.2) is 0 Å². The van der Waals surface area contributed by atoms with Crippen LogP contribution in [0.5, 0.6) is 11.5 Å². The van der Waals surface area contributed by atoms with Gasteiger partial charge in [0.25, 0.3) is 5.91 Å². The number of piperazine rings is 1. The first kappa shape index (κ1) is 22.1. The molecule has 3 rings (SSSR count). The molecule has 0 aromatic heterocycles. The number of carbonyl (C=O) groups excluding carboxylic acids is 1. The summed E-state index contributed by atoms with van der Waals surface area (Å²) >= 11 is 5.68. The van der Waals surface area contributed by atoms with Gasteiger partial charge in [0.15, 0.2) is 18.1 Å². The quantitative estimate of drug-likeness (QED) is 0.715. The van der Waals surface area contributed by atoms with E-state index in [0.717, 1.165) is 53.5 Å². The summed E-state index contributed by atoms with van der Waals surface area (Å²) < 4.78 is 11.2. The molecule has 160 valence electrons. The Balaban J connectivity index is 1.64. The van der Waals surface area contributed by atoms with Crippen molar-refractivity contribution in [1.82, 2.24) is 9.80 Å². The molecule has 0 spiro atoms. The second kappa shape index (κ2) is 9.91. The molecule has 0 bridgehead atoms. The molecule has 0 saturated carbocycles. The van der Waals surface area contributed by atoms with E-state index in [0.29, 0.717) is 11.5 Å². The molecule has 0 radical (unpaired) electrons. The van der Waals surface area contributed by atoms with Crippen LogP contribution in [0.25, 0.3) is 0 Å². The summed E-state index contributed by atoms with van der Waals surface area (Å²) in [6, 6.07) is 11.5. The van der Waals surface area contributed by atoms with Crippen molar-refractivity contribution in [1.29, 1.82) is 0 Å². The van der Waals surface area contributed by atoms with Crippen molar-refractivity contribution in [3.63, 3.8) is 0 Å². The number of nitrogens with one attached hydrogen (secondary N) is 1. The number of likely N-dealkylation sites (N-methyl/N-ethyl adjacent to an activating group) is 1. The van der Waals surface area contributed by atoms with Gasteiger partial charge < -0.3 is 24.6 Å². The number of anilines is 1. The van der Waals surface area contributed by atoms with Gasteiger partial charge in [0.1, 0.15) is 4.99 Å². The Morgan fingerprint density at radius 3 is 2.37 bits per heavy atom. The Bertz CT molecular complexity index is 904. The zero-order valence-electron chi connectivity index (χ0n) is 18.0. The number of aryl methyl sites for hydroxylation is 2. The van der Waals surface area contributed by atoms with Crippen LogP contribution in [0.3, 0.4) is 0 Å². The third-order valence-corrected chi connectivity index (χ3v) is 5.80. The highest BCUT2D eigenvalue weighted by atomic mass is 32.1. The molecule has 2 aromatic carbocycles. The van der Waals surface area contributed by atoms with Gasteiger partial charge in [-0.1, -0.05) is 30.4 Å². The van der Waals surface area contributed by atoms with Crippen LogP contribution in [0, 0.1) is 13.8 Å². The van der Waals surface area contributed by atoms with Crippen molar-refractivity contribution in [2.75, 3.05) is 52.3 Å². The fourth-order valence-electron chi connectivity index (χ4n) is 3.44. The first-order valence-corrected chi connectivity index (χ1v) is 10.4. The van der Waals surface area contributed by atoms with Crippen molar-refractivity contribution in [3.8, 4) is 11.5 Å². The lowest BCUT2D eigenvalue weighted by molar-refractivity contribution is -0.118. The van der Waals surface area contributed by atoms with Gasteiger partial charge in [0.2, 0.25) is 0 Å². The van der Waals surface area contributed by atoms with Crippen LogP contribution in [0.15, 0.2) is 36.4 Å². The number of nitrogens with zero attached hydrogens (tertiary/aromatic N) is 2. The molecule has 1 saturated heterocycles. The Kier molecular flexibility index (Phi) is 7.29. The van der Waals surface area contributed by atoms with E-state index >= 15 is 0 Å². The fourth-order valence-corrected chi connectivity index (χ4v) is 3.75. The van der Waals surface area contributed by atoms with Gasteiger partial charge in [-0.05, 0) is 50.2 Å². The number of ether oxygens (including phenoxy) is 2. The SMILES string of the molecule is COc1cc(C(=S)N2CCN(C)CC2)ccc1OCC(=O)Nc1c(C)cccc1C. The second-order valence-corrected chi connectivity index (χ2v) is 7.95. The summed E-state index contributed by atoms with van der Waals surface area (Å²) in [7, 11) is 3.70. The maximum atomic E-state index is 12.4. The van der Waals surface area contributed by atoms with Crippen LogP contribution in [0.4, 0.5) is 5.69 Å². The number of rotatable bonds is 6. The molecule has 6 nitrogen and oxygen atoms in total.